The van der Waals surface area contributed by atoms with Gasteiger partial charge in [-0.05, 0) is 48.8 Å². The van der Waals surface area contributed by atoms with Gasteiger partial charge in [-0.3, -0.25) is 0 Å². The Morgan fingerprint density at radius 3 is 2.62 bits per heavy atom. The van der Waals surface area contributed by atoms with Crippen LogP contribution in [-0.2, 0) is 9.84 Å². The zero-order valence-corrected chi connectivity index (χ0v) is 9.63. The molecule has 0 aromatic heterocycles. The molecule has 0 amide bonds. The maximum Gasteiger partial charge on any atom is 0.178 e. The average molecular weight is 240 g/mol. The molecule has 1 aliphatic heterocycles. The monoisotopic (exact) mass is 240 g/mol. The summed E-state index contributed by atoms with van der Waals surface area (Å²) >= 11 is 0. The van der Waals surface area contributed by atoms with Crippen molar-refractivity contribution in [3.05, 3.63) is 29.6 Å². The molecule has 1 atom stereocenters. The SMILES string of the molecule is O=S1(=O)CC[C@@H](C2CC2)c2ccc(F)cc21. The molecule has 0 N–H and O–H groups in total. The van der Waals surface area contributed by atoms with Crippen LogP contribution in [0.3, 0.4) is 0 Å². The zero-order valence-electron chi connectivity index (χ0n) is 8.82. The van der Waals surface area contributed by atoms with Crippen molar-refractivity contribution in [3.8, 4) is 0 Å². The lowest BCUT2D eigenvalue weighted by molar-refractivity contribution is 0.529. The second-order valence-electron chi connectivity index (χ2n) is 4.73. The molecule has 0 saturated heterocycles. The Morgan fingerprint density at radius 1 is 1.19 bits per heavy atom. The molecule has 1 aromatic carbocycles. The van der Waals surface area contributed by atoms with Crippen LogP contribution in [0.2, 0.25) is 0 Å². The topological polar surface area (TPSA) is 34.1 Å². The molecule has 2 nitrogen and oxygen atoms in total. The Kier molecular flexibility index (Phi) is 2.11. The normalized spacial score (nSPS) is 27.4. The molecule has 16 heavy (non-hydrogen) atoms. The minimum atomic E-state index is -3.24. The fourth-order valence-electron chi connectivity index (χ4n) is 2.62. The quantitative estimate of drug-likeness (QED) is 0.755. The summed E-state index contributed by atoms with van der Waals surface area (Å²) in [7, 11) is -3.24. The lowest BCUT2D eigenvalue weighted by Gasteiger charge is -2.25. The first-order valence-corrected chi connectivity index (χ1v) is 7.25. The number of hydrogen-bond donors (Lipinski definition) is 0. The van der Waals surface area contributed by atoms with Gasteiger partial charge in [-0.25, -0.2) is 12.8 Å². The van der Waals surface area contributed by atoms with Crippen LogP contribution in [0.4, 0.5) is 4.39 Å². The van der Waals surface area contributed by atoms with E-state index in [2.05, 4.69) is 0 Å². The number of hydrogen-bond acceptors (Lipinski definition) is 2. The molecule has 86 valence electrons. The predicted octanol–water partition coefficient (Wildman–Crippen LogP) is 2.50. The van der Waals surface area contributed by atoms with Crippen LogP contribution in [0.5, 0.6) is 0 Å². The van der Waals surface area contributed by atoms with E-state index in [0.29, 0.717) is 18.3 Å². The van der Waals surface area contributed by atoms with Gasteiger partial charge in [0.25, 0.3) is 0 Å². The minimum Gasteiger partial charge on any atom is -0.224 e. The highest BCUT2D eigenvalue weighted by Crippen LogP contribution is 2.48. The fourth-order valence-corrected chi connectivity index (χ4v) is 4.27. The summed E-state index contributed by atoms with van der Waals surface area (Å²) in [6.45, 7) is 0. The molecule has 0 unspecified atom stereocenters. The highest BCUT2D eigenvalue weighted by Gasteiger charge is 2.39. The standard InChI is InChI=1S/C12H13FO2S/c13-9-3-4-11-10(8-1-2-8)5-6-16(14,15)12(11)7-9/h3-4,7-8,10H,1-2,5-6H2/t10-/m0/s1. The Hall–Kier alpha value is -0.900. The van der Waals surface area contributed by atoms with E-state index in [1.807, 2.05) is 0 Å². The molecular formula is C12H13FO2S. The van der Waals surface area contributed by atoms with Gasteiger partial charge in [0, 0.05) is 0 Å². The first kappa shape index (κ1) is 10.3. The highest BCUT2D eigenvalue weighted by atomic mass is 32.2. The Balaban J connectivity index is 2.17. The summed E-state index contributed by atoms with van der Waals surface area (Å²) in [4.78, 5) is 0.232. The van der Waals surface area contributed by atoms with Crippen molar-refractivity contribution in [1.82, 2.24) is 0 Å². The fraction of sp³-hybridized carbons (Fsp3) is 0.500. The van der Waals surface area contributed by atoms with E-state index < -0.39 is 15.7 Å². The van der Waals surface area contributed by atoms with Gasteiger partial charge < -0.3 is 0 Å². The third-order valence-corrected chi connectivity index (χ3v) is 5.40. The first-order chi connectivity index (χ1) is 7.58. The van der Waals surface area contributed by atoms with Crippen LogP contribution >= 0.6 is 0 Å². The number of sulfone groups is 1. The predicted molar refractivity (Wildman–Crippen MR) is 58.5 cm³/mol. The molecule has 3 rings (SSSR count). The molecule has 1 aromatic rings. The molecule has 0 spiro atoms. The molecule has 4 heteroatoms. The van der Waals surface area contributed by atoms with E-state index in [1.165, 1.54) is 25.0 Å². The van der Waals surface area contributed by atoms with E-state index in [0.717, 1.165) is 5.56 Å². The lowest BCUT2D eigenvalue weighted by atomic mass is 9.91. The smallest absolute Gasteiger partial charge is 0.178 e. The minimum absolute atomic E-state index is 0.171. The maximum atomic E-state index is 13.1. The number of fused-ring (bicyclic) bond motifs is 1. The van der Waals surface area contributed by atoms with Crippen LogP contribution < -0.4 is 0 Å². The van der Waals surface area contributed by atoms with Gasteiger partial charge in [0.15, 0.2) is 9.84 Å². The first-order valence-electron chi connectivity index (χ1n) is 5.60. The maximum absolute atomic E-state index is 13.1. The summed E-state index contributed by atoms with van der Waals surface area (Å²) in [6.07, 6.45) is 3.06. The van der Waals surface area contributed by atoms with Gasteiger partial charge in [-0.2, -0.15) is 0 Å². The van der Waals surface area contributed by atoms with Crippen molar-refractivity contribution in [2.75, 3.05) is 5.75 Å². The molecule has 0 radical (unpaired) electrons. The van der Waals surface area contributed by atoms with E-state index >= 15 is 0 Å². The van der Waals surface area contributed by atoms with Crippen LogP contribution in [0.25, 0.3) is 0 Å². The van der Waals surface area contributed by atoms with Crippen LogP contribution in [0.15, 0.2) is 23.1 Å². The average Bonchev–Trinajstić information content (AvgIpc) is 3.03. The van der Waals surface area contributed by atoms with Gasteiger partial charge >= 0.3 is 0 Å². The number of halogens is 1. The number of benzene rings is 1. The molecule has 0 bridgehead atoms. The van der Waals surface area contributed by atoms with E-state index in [9.17, 15) is 12.8 Å². The summed E-state index contributed by atoms with van der Waals surface area (Å²) in [6, 6.07) is 4.21. The van der Waals surface area contributed by atoms with Gasteiger partial charge in [0.1, 0.15) is 5.82 Å². The van der Waals surface area contributed by atoms with Gasteiger partial charge in [-0.15, -0.1) is 0 Å². The zero-order chi connectivity index (χ0) is 11.3. The van der Waals surface area contributed by atoms with E-state index in [1.54, 1.807) is 6.07 Å². The van der Waals surface area contributed by atoms with Crippen LogP contribution in [0, 0.1) is 11.7 Å². The summed E-state index contributed by atoms with van der Waals surface area (Å²) < 4.78 is 36.8. The van der Waals surface area contributed by atoms with Crippen molar-refractivity contribution in [1.29, 1.82) is 0 Å². The van der Waals surface area contributed by atoms with Crippen molar-refractivity contribution in [2.45, 2.75) is 30.1 Å². The molecule has 2 aliphatic rings. The van der Waals surface area contributed by atoms with Gasteiger partial charge in [0.05, 0.1) is 10.6 Å². The largest absolute Gasteiger partial charge is 0.224 e. The van der Waals surface area contributed by atoms with Crippen molar-refractivity contribution in [3.63, 3.8) is 0 Å². The summed E-state index contributed by atoms with van der Waals surface area (Å²) in [5.74, 6) is 0.669. The summed E-state index contributed by atoms with van der Waals surface area (Å²) in [5, 5.41) is 0. The molecular weight excluding hydrogens is 227 g/mol. The highest BCUT2D eigenvalue weighted by molar-refractivity contribution is 7.91. The summed E-state index contributed by atoms with van der Waals surface area (Å²) in [5.41, 5.74) is 0.843. The Bertz CT molecular complexity index is 532. The Labute approximate surface area is 94.4 Å². The third kappa shape index (κ3) is 1.56. The van der Waals surface area contributed by atoms with E-state index in [-0.39, 0.29) is 10.6 Å². The van der Waals surface area contributed by atoms with Crippen molar-refractivity contribution >= 4 is 9.84 Å². The van der Waals surface area contributed by atoms with Crippen molar-refractivity contribution in [2.24, 2.45) is 5.92 Å². The van der Waals surface area contributed by atoms with Crippen LogP contribution in [0.1, 0.15) is 30.7 Å². The molecule has 1 fully saturated rings. The van der Waals surface area contributed by atoms with Crippen molar-refractivity contribution < 1.29 is 12.8 Å². The third-order valence-electron chi connectivity index (χ3n) is 3.60. The van der Waals surface area contributed by atoms with Gasteiger partial charge in [0.2, 0.25) is 0 Å². The van der Waals surface area contributed by atoms with Crippen LogP contribution in [-0.4, -0.2) is 14.2 Å². The molecule has 1 heterocycles. The van der Waals surface area contributed by atoms with Gasteiger partial charge in [-0.1, -0.05) is 6.07 Å². The molecule has 1 aliphatic carbocycles. The van der Waals surface area contributed by atoms with E-state index in [4.69, 9.17) is 0 Å². The second-order valence-corrected chi connectivity index (χ2v) is 6.81. The lowest BCUT2D eigenvalue weighted by Crippen LogP contribution is -2.21. The molecule has 1 saturated carbocycles. The Morgan fingerprint density at radius 2 is 1.94 bits per heavy atom. The second kappa shape index (κ2) is 3.29. The number of rotatable bonds is 1.